The lowest BCUT2D eigenvalue weighted by molar-refractivity contribution is -0.0133. The highest BCUT2D eigenvalue weighted by molar-refractivity contribution is 7.57. The van der Waals surface area contributed by atoms with E-state index >= 15 is 0 Å². The summed E-state index contributed by atoms with van der Waals surface area (Å²) >= 11 is 0. The maximum absolute atomic E-state index is 11.8. The van der Waals surface area contributed by atoms with Gasteiger partial charge in [-0.1, -0.05) is 0 Å². The van der Waals surface area contributed by atoms with Gasteiger partial charge in [0, 0.05) is 18.2 Å². The van der Waals surface area contributed by atoms with Crippen molar-refractivity contribution in [1.29, 1.82) is 0 Å². The highest BCUT2D eigenvalue weighted by Gasteiger charge is 2.72. The van der Waals surface area contributed by atoms with Gasteiger partial charge in [0.2, 0.25) is 0 Å². The molecule has 0 aromatic carbocycles. The summed E-state index contributed by atoms with van der Waals surface area (Å²) in [5.74, 6) is 0.152. The molecule has 9 nitrogen and oxygen atoms in total. The minimum absolute atomic E-state index is 0.00312. The van der Waals surface area contributed by atoms with Crippen molar-refractivity contribution in [3.63, 3.8) is 0 Å². The molecule has 124 valence electrons. The molecule has 2 aliphatic carbocycles. The molecule has 2 aliphatic rings. The quantitative estimate of drug-likeness (QED) is 0.552. The van der Waals surface area contributed by atoms with E-state index in [4.69, 9.17) is 5.73 Å². The van der Waals surface area contributed by atoms with E-state index in [9.17, 15) is 19.7 Å². The van der Waals surface area contributed by atoms with Gasteiger partial charge in [-0.2, -0.15) is 0 Å². The van der Waals surface area contributed by atoms with Crippen molar-refractivity contribution in [3.05, 3.63) is 12.7 Å². The molecule has 6 atom stereocenters. The van der Waals surface area contributed by atoms with Crippen LogP contribution in [0.4, 0.5) is 5.82 Å². The second-order valence-corrected chi connectivity index (χ2v) is 9.18. The Labute approximate surface area is 131 Å². The molecule has 2 aromatic rings. The van der Waals surface area contributed by atoms with E-state index in [1.165, 1.54) is 19.3 Å². The minimum atomic E-state index is -3.30. The van der Waals surface area contributed by atoms with Crippen LogP contribution in [0.15, 0.2) is 12.7 Å². The first kappa shape index (κ1) is 15.0. The maximum atomic E-state index is 11.8. The van der Waals surface area contributed by atoms with E-state index in [-0.39, 0.29) is 17.9 Å². The topological polar surface area (TPSA) is 147 Å². The lowest BCUT2D eigenvalue weighted by atomic mass is 10.0. The lowest BCUT2D eigenvalue weighted by Crippen LogP contribution is -2.35. The molecule has 2 fully saturated rings. The number of nitrogen functional groups attached to an aromatic ring is 1. The average Bonchev–Trinajstić information content (AvgIpc) is 2.89. The van der Waals surface area contributed by atoms with Crippen molar-refractivity contribution in [3.8, 4) is 0 Å². The van der Waals surface area contributed by atoms with Gasteiger partial charge in [0.25, 0.3) is 0 Å². The summed E-state index contributed by atoms with van der Waals surface area (Å²) in [5.41, 5.74) is 5.99. The van der Waals surface area contributed by atoms with Crippen molar-refractivity contribution in [1.82, 2.24) is 19.5 Å². The van der Waals surface area contributed by atoms with Gasteiger partial charge in [0.05, 0.1) is 18.5 Å². The molecule has 4 rings (SSSR count). The van der Waals surface area contributed by atoms with Crippen molar-refractivity contribution in [2.24, 2.45) is 11.3 Å². The van der Waals surface area contributed by atoms with Crippen LogP contribution in [-0.4, -0.2) is 59.7 Å². The Kier molecular flexibility index (Phi) is 2.94. The second kappa shape index (κ2) is 4.51. The molecule has 0 saturated heterocycles. The molecule has 2 heterocycles. The van der Waals surface area contributed by atoms with E-state index < -0.39 is 31.0 Å². The smallest absolute Gasteiger partial charge is 0.198 e. The third-order valence-corrected chi connectivity index (χ3v) is 6.32. The maximum Gasteiger partial charge on any atom is 0.198 e. The normalized spacial score (nSPS) is 38.4. The van der Waals surface area contributed by atoms with Crippen LogP contribution >= 0.6 is 7.37 Å². The van der Waals surface area contributed by atoms with Crippen LogP contribution < -0.4 is 5.73 Å². The van der Waals surface area contributed by atoms with Gasteiger partial charge in [-0.15, -0.1) is 0 Å². The second-order valence-electron chi connectivity index (χ2n) is 6.76. The number of anilines is 1. The van der Waals surface area contributed by atoms with E-state index in [0.717, 1.165) is 0 Å². The molecule has 2 saturated carbocycles. The fourth-order valence-corrected chi connectivity index (χ4v) is 5.83. The first-order valence-corrected chi connectivity index (χ1v) is 9.62. The van der Waals surface area contributed by atoms with E-state index in [1.807, 2.05) is 0 Å². The molecule has 0 aliphatic heterocycles. The van der Waals surface area contributed by atoms with E-state index in [0.29, 0.717) is 17.6 Å². The van der Waals surface area contributed by atoms with E-state index in [1.54, 1.807) is 4.57 Å². The van der Waals surface area contributed by atoms with Crippen molar-refractivity contribution >= 4 is 24.4 Å². The predicted octanol–water partition coefficient (Wildman–Crippen LogP) is -0.409. The summed E-state index contributed by atoms with van der Waals surface area (Å²) in [5, 5.41) is 20.9. The van der Waals surface area contributed by atoms with Gasteiger partial charge < -0.3 is 25.4 Å². The fraction of sp³-hybridized carbons (Fsp3) is 0.615. The third-order valence-electron chi connectivity index (χ3n) is 5.15. The molecule has 0 amide bonds. The van der Waals surface area contributed by atoms with Gasteiger partial charge in [0.1, 0.15) is 17.9 Å². The molecule has 0 radical (unpaired) electrons. The Balaban J connectivity index is 1.76. The molecule has 23 heavy (non-hydrogen) atoms. The third kappa shape index (κ3) is 2.04. The monoisotopic (exact) mass is 339 g/mol. The van der Waals surface area contributed by atoms with Gasteiger partial charge in [-0.05, 0) is 12.3 Å². The molecular weight excluding hydrogens is 321 g/mol. The number of rotatable bonds is 3. The molecule has 5 N–H and O–H groups in total. The van der Waals surface area contributed by atoms with Gasteiger partial charge in [-0.3, -0.25) is 4.57 Å². The van der Waals surface area contributed by atoms with Crippen LogP contribution in [0.1, 0.15) is 12.5 Å². The average molecular weight is 339 g/mol. The van der Waals surface area contributed by atoms with Crippen LogP contribution in [0.3, 0.4) is 0 Å². The molecule has 0 spiro atoms. The molecule has 10 heteroatoms. The van der Waals surface area contributed by atoms with Gasteiger partial charge in [-0.25, -0.2) is 15.0 Å². The Morgan fingerprint density at radius 3 is 2.87 bits per heavy atom. The first-order valence-electron chi connectivity index (χ1n) is 7.33. The highest BCUT2D eigenvalue weighted by atomic mass is 31.2. The number of hydrogen-bond acceptors (Lipinski definition) is 7. The largest absolute Gasteiger partial charge is 0.390 e. The molecule has 2 unspecified atom stereocenters. The van der Waals surface area contributed by atoms with Gasteiger partial charge in [0.15, 0.2) is 18.8 Å². The van der Waals surface area contributed by atoms with Crippen LogP contribution in [0.5, 0.6) is 0 Å². The minimum Gasteiger partial charge on any atom is -0.390 e. The SMILES string of the molecule is CP(=O)(O)CC12C[C@@H]1[C@@H](n1cnc3c(N)ncnc31)[C@H](O)[C@@H]2O. The van der Waals surface area contributed by atoms with Crippen LogP contribution in [0.2, 0.25) is 0 Å². The first-order chi connectivity index (χ1) is 10.7. The predicted molar refractivity (Wildman–Crippen MR) is 81.9 cm³/mol. The highest BCUT2D eigenvalue weighted by Crippen LogP contribution is 2.71. The Morgan fingerprint density at radius 2 is 2.17 bits per heavy atom. The van der Waals surface area contributed by atoms with Crippen molar-refractivity contribution < 1.29 is 19.7 Å². The molecular formula is C13H18N5O4P. The number of aromatic nitrogens is 4. The Hall–Kier alpha value is -1.54. The zero-order valence-corrected chi connectivity index (χ0v) is 13.3. The number of fused-ring (bicyclic) bond motifs is 2. The summed E-state index contributed by atoms with van der Waals surface area (Å²) in [7, 11) is -3.30. The summed E-state index contributed by atoms with van der Waals surface area (Å²) in [6.07, 6.45) is 1.35. The Bertz CT molecular complexity index is 835. The number of aliphatic hydroxyl groups is 2. The standard InChI is InChI=1S/C13H18N5O4P/c1-23(21,22)3-13-2-6(13)8(9(19)10(13)20)18-5-17-7-11(14)15-4-16-12(7)18/h4-6,8-10,19-20H,2-3H2,1H3,(H,21,22)(H2,14,15,16)/t6-,8-,9+,10+,13?/m1/s1. The summed E-state index contributed by atoms with van der Waals surface area (Å²) in [6, 6.07) is -0.448. The van der Waals surface area contributed by atoms with Crippen LogP contribution in [-0.2, 0) is 4.57 Å². The van der Waals surface area contributed by atoms with E-state index in [2.05, 4.69) is 15.0 Å². The number of imidazole rings is 1. The van der Waals surface area contributed by atoms with Gasteiger partial charge >= 0.3 is 0 Å². The lowest BCUT2D eigenvalue weighted by Gasteiger charge is -2.24. The number of aliphatic hydroxyl groups excluding tert-OH is 2. The van der Waals surface area contributed by atoms with Crippen LogP contribution in [0, 0.1) is 11.3 Å². The zero-order chi connectivity index (χ0) is 16.6. The summed E-state index contributed by atoms with van der Waals surface area (Å²) < 4.78 is 13.5. The summed E-state index contributed by atoms with van der Waals surface area (Å²) in [4.78, 5) is 21.9. The van der Waals surface area contributed by atoms with Crippen molar-refractivity contribution in [2.75, 3.05) is 18.6 Å². The van der Waals surface area contributed by atoms with Crippen LogP contribution in [0.25, 0.3) is 11.2 Å². The van der Waals surface area contributed by atoms with Crippen molar-refractivity contribution in [2.45, 2.75) is 24.7 Å². The summed E-state index contributed by atoms with van der Waals surface area (Å²) in [6.45, 7) is 1.28. The zero-order valence-electron chi connectivity index (χ0n) is 12.4. The molecule has 0 bridgehead atoms. The Morgan fingerprint density at radius 1 is 1.43 bits per heavy atom. The fourth-order valence-electron chi connectivity index (χ4n) is 4.18. The molecule has 2 aromatic heterocycles. The number of hydrogen-bond donors (Lipinski definition) is 4. The number of nitrogens with two attached hydrogens (primary N) is 1. The number of nitrogens with zero attached hydrogens (tertiary/aromatic N) is 4.